The SMILES string of the molecule is CC(F)(F)COC(=O)CS(N)(=O)=O. The van der Waals surface area contributed by atoms with Crippen LogP contribution in [0.3, 0.4) is 0 Å². The number of hydrogen-bond donors (Lipinski definition) is 1. The van der Waals surface area contributed by atoms with E-state index in [0.717, 1.165) is 0 Å². The van der Waals surface area contributed by atoms with Gasteiger partial charge in [0, 0.05) is 6.92 Å². The largest absolute Gasteiger partial charge is 0.459 e. The summed E-state index contributed by atoms with van der Waals surface area (Å²) in [5.41, 5.74) is 0. The van der Waals surface area contributed by atoms with Crippen LogP contribution in [0.5, 0.6) is 0 Å². The van der Waals surface area contributed by atoms with Crippen LogP contribution in [0.25, 0.3) is 0 Å². The van der Waals surface area contributed by atoms with Gasteiger partial charge in [-0.25, -0.2) is 22.3 Å². The van der Waals surface area contributed by atoms with Crippen LogP contribution in [-0.2, 0) is 19.6 Å². The lowest BCUT2D eigenvalue weighted by Crippen LogP contribution is -2.28. The van der Waals surface area contributed by atoms with E-state index in [1.165, 1.54) is 0 Å². The van der Waals surface area contributed by atoms with Gasteiger partial charge in [-0.3, -0.25) is 4.79 Å². The summed E-state index contributed by atoms with van der Waals surface area (Å²) < 4.78 is 48.6. The van der Waals surface area contributed by atoms with Crippen LogP contribution in [-0.4, -0.2) is 32.7 Å². The molecule has 0 aliphatic carbocycles. The van der Waals surface area contributed by atoms with E-state index in [0.29, 0.717) is 6.92 Å². The van der Waals surface area contributed by atoms with Crippen LogP contribution in [0.15, 0.2) is 0 Å². The van der Waals surface area contributed by atoms with Gasteiger partial charge in [-0.1, -0.05) is 0 Å². The van der Waals surface area contributed by atoms with E-state index in [4.69, 9.17) is 0 Å². The number of nitrogens with two attached hydrogens (primary N) is 1. The second-order valence-electron chi connectivity index (χ2n) is 2.54. The normalized spacial score (nSPS) is 12.6. The van der Waals surface area contributed by atoms with Crippen LogP contribution in [0.2, 0.25) is 0 Å². The van der Waals surface area contributed by atoms with Gasteiger partial charge < -0.3 is 4.74 Å². The second kappa shape index (κ2) is 3.97. The summed E-state index contributed by atoms with van der Waals surface area (Å²) in [6.45, 7) is -0.613. The molecule has 78 valence electrons. The van der Waals surface area contributed by atoms with Gasteiger partial charge in [0.25, 0.3) is 5.92 Å². The molecule has 8 heteroatoms. The Morgan fingerprint density at radius 2 is 2.00 bits per heavy atom. The summed E-state index contributed by atoms with van der Waals surface area (Å²) in [4.78, 5) is 10.5. The zero-order chi connectivity index (χ0) is 10.7. The minimum Gasteiger partial charge on any atom is -0.459 e. The van der Waals surface area contributed by atoms with E-state index in [-0.39, 0.29) is 0 Å². The number of alkyl halides is 2. The van der Waals surface area contributed by atoms with Crippen molar-refractivity contribution in [1.82, 2.24) is 0 Å². The standard InChI is InChI=1S/C5H9F2NO4S/c1-5(6,7)3-12-4(9)2-13(8,10)11/h2-3H2,1H3,(H2,8,10,11). The topological polar surface area (TPSA) is 86.5 Å². The molecular weight excluding hydrogens is 208 g/mol. The first kappa shape index (κ1) is 12.2. The van der Waals surface area contributed by atoms with Gasteiger partial charge in [-0.05, 0) is 0 Å². The molecule has 0 amide bonds. The van der Waals surface area contributed by atoms with Crippen LogP contribution >= 0.6 is 0 Å². The minimum absolute atomic E-state index is 0.539. The van der Waals surface area contributed by atoms with Gasteiger partial charge in [-0.15, -0.1) is 0 Å². The molecule has 2 N–H and O–H groups in total. The summed E-state index contributed by atoms with van der Waals surface area (Å²) in [5.74, 6) is -5.55. The fourth-order valence-electron chi connectivity index (χ4n) is 0.413. The molecule has 0 atom stereocenters. The summed E-state index contributed by atoms with van der Waals surface area (Å²) >= 11 is 0. The van der Waals surface area contributed by atoms with Crippen molar-refractivity contribution in [3.8, 4) is 0 Å². The smallest absolute Gasteiger partial charge is 0.322 e. The monoisotopic (exact) mass is 217 g/mol. The molecule has 0 aliphatic heterocycles. The molecule has 0 aromatic rings. The number of halogens is 2. The lowest BCUT2D eigenvalue weighted by Gasteiger charge is -2.09. The lowest BCUT2D eigenvalue weighted by atomic mass is 10.4. The van der Waals surface area contributed by atoms with E-state index in [1.807, 2.05) is 0 Å². The summed E-state index contributed by atoms with van der Waals surface area (Å²) in [6.07, 6.45) is 0. The Morgan fingerprint density at radius 3 is 2.31 bits per heavy atom. The van der Waals surface area contributed by atoms with Crippen molar-refractivity contribution in [3.05, 3.63) is 0 Å². The molecule has 0 aromatic carbocycles. The number of hydrogen-bond acceptors (Lipinski definition) is 4. The van der Waals surface area contributed by atoms with Gasteiger partial charge in [0.2, 0.25) is 10.0 Å². The third-order valence-electron chi connectivity index (χ3n) is 0.806. The summed E-state index contributed by atoms with van der Waals surface area (Å²) in [6, 6.07) is 0. The zero-order valence-corrected chi connectivity index (χ0v) is 7.61. The maximum atomic E-state index is 12.1. The van der Waals surface area contributed by atoms with Gasteiger partial charge in [0.15, 0.2) is 12.4 Å². The average molecular weight is 217 g/mol. The Hall–Kier alpha value is -0.760. The zero-order valence-electron chi connectivity index (χ0n) is 6.79. The minimum atomic E-state index is -4.01. The van der Waals surface area contributed by atoms with Crippen molar-refractivity contribution in [2.75, 3.05) is 12.4 Å². The van der Waals surface area contributed by atoms with Gasteiger partial charge in [0.1, 0.15) is 0 Å². The second-order valence-corrected chi connectivity index (χ2v) is 4.15. The van der Waals surface area contributed by atoms with Crippen molar-refractivity contribution in [3.63, 3.8) is 0 Å². The number of primary sulfonamides is 1. The van der Waals surface area contributed by atoms with Crippen molar-refractivity contribution in [1.29, 1.82) is 0 Å². The van der Waals surface area contributed by atoms with E-state index >= 15 is 0 Å². The molecule has 0 fully saturated rings. The Labute approximate surface area is 73.9 Å². The number of rotatable bonds is 4. The van der Waals surface area contributed by atoms with Gasteiger partial charge in [-0.2, -0.15) is 0 Å². The Balaban J connectivity index is 3.92. The summed E-state index contributed by atoms with van der Waals surface area (Å²) in [7, 11) is -4.01. The third kappa shape index (κ3) is 9.15. The molecule has 0 rings (SSSR count). The molecule has 0 aromatic heterocycles. The van der Waals surface area contributed by atoms with Crippen LogP contribution in [0, 0.1) is 0 Å². The predicted molar refractivity (Wildman–Crippen MR) is 39.6 cm³/mol. The number of sulfonamides is 1. The highest BCUT2D eigenvalue weighted by Gasteiger charge is 2.24. The Kier molecular flexibility index (Phi) is 3.73. The van der Waals surface area contributed by atoms with Crippen LogP contribution in [0.1, 0.15) is 6.92 Å². The molecule has 0 unspecified atom stereocenters. The maximum Gasteiger partial charge on any atom is 0.322 e. The molecule has 0 radical (unpaired) electrons. The van der Waals surface area contributed by atoms with Gasteiger partial charge in [0.05, 0.1) is 0 Å². The van der Waals surface area contributed by atoms with Crippen molar-refractivity contribution < 1.29 is 26.7 Å². The number of ether oxygens (including phenoxy) is 1. The molecule has 0 bridgehead atoms. The maximum absolute atomic E-state index is 12.1. The van der Waals surface area contributed by atoms with E-state index in [9.17, 15) is 22.0 Å². The molecular formula is C5H9F2NO4S. The predicted octanol–water partition coefficient (Wildman–Crippen LogP) is -0.527. The number of esters is 1. The van der Waals surface area contributed by atoms with E-state index < -0.39 is 34.3 Å². The molecule has 0 saturated heterocycles. The fourth-order valence-corrected chi connectivity index (χ4v) is 0.825. The third-order valence-corrected chi connectivity index (χ3v) is 1.44. The molecule has 0 heterocycles. The van der Waals surface area contributed by atoms with E-state index in [2.05, 4.69) is 9.88 Å². The molecule has 0 saturated carbocycles. The first-order valence-corrected chi connectivity index (χ1v) is 4.86. The highest BCUT2D eigenvalue weighted by atomic mass is 32.2. The Morgan fingerprint density at radius 1 is 1.54 bits per heavy atom. The lowest BCUT2D eigenvalue weighted by molar-refractivity contribution is -0.150. The molecule has 5 nitrogen and oxygen atoms in total. The number of carbonyl (C=O) groups excluding carboxylic acids is 1. The van der Waals surface area contributed by atoms with Crippen molar-refractivity contribution in [2.24, 2.45) is 5.14 Å². The van der Waals surface area contributed by atoms with Crippen molar-refractivity contribution in [2.45, 2.75) is 12.8 Å². The molecule has 0 aliphatic rings. The average Bonchev–Trinajstić information content (AvgIpc) is 1.78. The van der Waals surface area contributed by atoms with E-state index in [1.54, 1.807) is 0 Å². The highest BCUT2D eigenvalue weighted by Crippen LogP contribution is 2.11. The molecule has 13 heavy (non-hydrogen) atoms. The quantitative estimate of drug-likeness (QED) is 0.641. The van der Waals surface area contributed by atoms with Gasteiger partial charge >= 0.3 is 5.97 Å². The van der Waals surface area contributed by atoms with Crippen LogP contribution in [0.4, 0.5) is 8.78 Å². The first-order valence-electron chi connectivity index (χ1n) is 3.14. The first-order chi connectivity index (χ1) is 5.60. The molecule has 0 spiro atoms. The van der Waals surface area contributed by atoms with Crippen LogP contribution < -0.4 is 5.14 Å². The Bertz CT molecular complexity index is 281. The fraction of sp³-hybridized carbons (Fsp3) is 0.800. The number of carbonyl (C=O) groups is 1. The highest BCUT2D eigenvalue weighted by molar-refractivity contribution is 7.89. The summed E-state index contributed by atoms with van der Waals surface area (Å²) in [5, 5.41) is 4.46. The van der Waals surface area contributed by atoms with Crippen molar-refractivity contribution >= 4 is 16.0 Å².